The van der Waals surface area contributed by atoms with Crippen LogP contribution in [0.5, 0.6) is 0 Å². The minimum atomic E-state index is -0.956. The molecule has 0 spiro atoms. The second kappa shape index (κ2) is 95.5. The number of aliphatic carboxylic acids is 5. The van der Waals surface area contributed by atoms with Crippen LogP contribution in [-0.2, 0) is 28.8 Å². The van der Waals surface area contributed by atoms with Crippen LogP contribution >= 0.6 is 0 Å². The lowest BCUT2D eigenvalue weighted by molar-refractivity contribution is -0.140. The first-order valence-electron chi connectivity index (χ1n) is 54.8. The molecule has 8 aliphatic rings. The molecule has 3 atom stereocenters. The fraction of sp³-hybridized carbons (Fsp3) is 0.941. The highest BCUT2D eigenvalue weighted by Gasteiger charge is 2.25. The molecule has 3 unspecified atom stereocenters. The van der Waals surface area contributed by atoms with E-state index in [4.69, 9.17) is 15.3 Å². The summed E-state index contributed by atoms with van der Waals surface area (Å²) in [4.78, 5) is 99.3. The van der Waals surface area contributed by atoms with E-state index in [1.54, 1.807) is 11.8 Å². The summed E-state index contributed by atoms with van der Waals surface area (Å²) in [5.74, 6) is -4.11. The van der Waals surface area contributed by atoms with Crippen LogP contribution in [0, 0.1) is 5.92 Å². The van der Waals surface area contributed by atoms with Crippen LogP contribution in [0.15, 0.2) is 0 Å². The summed E-state index contributed by atoms with van der Waals surface area (Å²) in [5.41, 5.74) is 0. The monoisotopic (exact) mass is 1960 g/mol. The van der Waals surface area contributed by atoms with E-state index < -0.39 is 29.8 Å². The number of carbonyl (C=O) groups excluding carboxylic acids is 1. The van der Waals surface area contributed by atoms with Gasteiger partial charge in [0.25, 0.3) is 0 Å². The van der Waals surface area contributed by atoms with Crippen molar-refractivity contribution in [2.45, 2.75) is 226 Å². The van der Waals surface area contributed by atoms with Gasteiger partial charge in [-0.3, -0.25) is 68.0 Å². The number of rotatable bonds is 19. The van der Waals surface area contributed by atoms with Gasteiger partial charge in [-0.25, -0.2) is 0 Å². The lowest BCUT2D eigenvalue weighted by Crippen LogP contribution is -2.49. The Morgan fingerprint density at radius 1 is 0.226 bits per heavy atom. The van der Waals surface area contributed by atoms with Gasteiger partial charge in [0.1, 0.15) is 5.78 Å². The van der Waals surface area contributed by atoms with Crippen molar-refractivity contribution >= 4 is 35.6 Å². The number of likely N-dealkylation sites (N-methyl/N-ethyl adjacent to an activating group) is 2. The third-order valence-corrected chi connectivity index (χ3v) is 25.6. The van der Waals surface area contributed by atoms with Crippen LogP contribution in [0.4, 0.5) is 0 Å². The molecule has 36 heteroatoms. The van der Waals surface area contributed by atoms with Crippen LogP contribution in [0.1, 0.15) is 202 Å². The fourth-order valence-corrected chi connectivity index (χ4v) is 17.2. The molecule has 8 aliphatic heterocycles. The van der Waals surface area contributed by atoms with Crippen molar-refractivity contribution in [1.29, 1.82) is 0 Å². The molecule has 8 saturated heterocycles. The third kappa shape index (κ3) is 83.0. The van der Waals surface area contributed by atoms with E-state index >= 15 is 0 Å². The Kier molecular flexibility index (Phi) is 94.2. The van der Waals surface area contributed by atoms with Crippen molar-refractivity contribution in [3.05, 3.63) is 0 Å². The minimum Gasteiger partial charge on any atom is -0.481 e. The van der Waals surface area contributed by atoms with Crippen LogP contribution < -0.4 is 58.5 Å². The van der Waals surface area contributed by atoms with E-state index in [-0.39, 0.29) is 50.3 Å². The van der Waals surface area contributed by atoms with Gasteiger partial charge in [0, 0.05) is 260 Å². The smallest absolute Gasteiger partial charge is 0.317 e. The summed E-state index contributed by atoms with van der Waals surface area (Å²) in [7, 11) is 0. The standard InChI is InChI=1S/C20H37N3O5.C17H32N4O6.C14H30N4.C12H28N4.C12H27N3.C11H26N4.C9H21N3.3C2H6/c1-3-21-9-5-10-23(16-20(27)28)13-12-22(15-17(2)24)8-4-6-18(7-11-21)14-19(25)26;1-14(2)21-9-7-19(12-16(24)25)5-3-18(11-15(22)23)4-6-20(8-10-21)13-17(26)27;1-2-16-8-4-9-17-10-6-15-5-3-7-18(12-11-16)14-13-17;1-2-16-11-4-7-14-9-8-13-5-3-6-15-10-12-16;1-12(2)15-10-4-8-13-6-3-7-14-9-5-11-15;1-11(2)15-9-7-13-5-3-12-4-6-14-8-10-15;1-9(2)12-7-5-10-3-4-11-6-8-12;3*1-2/h18H,3-16H2,1-2H3,(H,25,26)(H,27,28);14H,3-13H2,1-2H3,(H,22,23)(H,24,25)(H,26,27);15H,2-14H2,1H3;13-15H,2-12H2,1H3;12-14H,3-11H2,1-2H3;11-14H,3-10H2,1-2H3;9-11H,3-8H2,1-2H3;3*1-2H3. The lowest BCUT2D eigenvalue weighted by Gasteiger charge is -2.34. The number of Topliss-reactive ketones (excluding diaryl/α,β-unsaturated/α-hetero) is 1. The Balaban J connectivity index is 0. The van der Waals surface area contributed by atoms with Gasteiger partial charge in [-0.2, -0.15) is 0 Å². The molecule has 8 fully saturated rings. The second-order valence-corrected chi connectivity index (χ2v) is 37.6. The van der Waals surface area contributed by atoms with Crippen molar-refractivity contribution in [3.63, 3.8) is 0 Å². The fourth-order valence-electron chi connectivity index (χ4n) is 17.2. The Morgan fingerprint density at radius 3 is 0.847 bits per heavy atom. The highest BCUT2D eigenvalue weighted by Crippen LogP contribution is 2.19. The van der Waals surface area contributed by atoms with Crippen LogP contribution in [-0.4, -0.2) is 547 Å². The number of carboxylic acid groups (broad SMARTS) is 5. The van der Waals surface area contributed by atoms with E-state index in [2.05, 4.69) is 184 Å². The summed E-state index contributed by atoms with van der Waals surface area (Å²) in [6.45, 7) is 94.2. The molecule has 0 aromatic rings. The van der Waals surface area contributed by atoms with Crippen molar-refractivity contribution in [1.82, 2.24) is 127 Å². The third-order valence-electron chi connectivity index (χ3n) is 25.6. The van der Waals surface area contributed by atoms with E-state index in [0.29, 0.717) is 96.7 Å². The molecular weight excluding hydrogens is 1740 g/mol. The van der Waals surface area contributed by atoms with Crippen LogP contribution in [0.2, 0.25) is 0 Å². The largest absolute Gasteiger partial charge is 0.481 e. The minimum absolute atomic E-state index is 0.0146. The van der Waals surface area contributed by atoms with Gasteiger partial charge < -0.3 is 113 Å². The molecule has 8 rings (SSSR count). The average molecular weight is 1960 g/mol. The summed E-state index contributed by atoms with van der Waals surface area (Å²) in [5, 5.41) is 83.9. The Labute approximate surface area is 837 Å². The second-order valence-electron chi connectivity index (χ2n) is 37.6. The normalized spacial score (nSPS) is 23.0. The number of fused-ring (bicyclic) bond motifs is 3. The average Bonchev–Trinajstić information content (AvgIpc) is 1.69. The highest BCUT2D eigenvalue weighted by molar-refractivity contribution is 5.77. The molecule has 0 aromatic carbocycles. The van der Waals surface area contributed by atoms with Gasteiger partial charge in [-0.1, -0.05) is 62.3 Å². The molecular formula is C101H219N25O11. The summed E-state index contributed by atoms with van der Waals surface area (Å²) in [6, 6.07) is 2.27. The molecule has 36 nitrogen and oxygen atoms in total. The van der Waals surface area contributed by atoms with Gasteiger partial charge >= 0.3 is 29.8 Å². The van der Waals surface area contributed by atoms with Crippen molar-refractivity contribution in [2.75, 3.05) is 393 Å². The van der Waals surface area contributed by atoms with Gasteiger partial charge in [-0.15, -0.1) is 0 Å². The van der Waals surface area contributed by atoms with Crippen molar-refractivity contribution in [2.24, 2.45) is 5.92 Å². The number of carboxylic acids is 5. The summed E-state index contributed by atoms with van der Waals surface area (Å²) < 4.78 is 0. The maximum Gasteiger partial charge on any atom is 0.317 e. The zero-order chi connectivity index (χ0) is 102. The number of hydrogen-bond donors (Lipinski definition) is 16. The quantitative estimate of drug-likeness (QED) is 0.0874. The molecule has 0 aromatic heterocycles. The van der Waals surface area contributed by atoms with Crippen molar-refractivity contribution in [3.8, 4) is 0 Å². The topological polar surface area (TPSA) is 381 Å². The molecule has 2 bridgehead atoms. The molecule has 0 saturated carbocycles. The van der Waals surface area contributed by atoms with Crippen LogP contribution in [0.3, 0.4) is 0 Å². The van der Waals surface area contributed by atoms with Gasteiger partial charge in [0.15, 0.2) is 0 Å². The molecule has 814 valence electrons. The maximum absolute atomic E-state index is 11.6. The summed E-state index contributed by atoms with van der Waals surface area (Å²) in [6.07, 6.45) is 12.5. The maximum atomic E-state index is 11.6. The van der Waals surface area contributed by atoms with Crippen LogP contribution in [0.25, 0.3) is 0 Å². The Bertz CT molecular complexity index is 2620. The van der Waals surface area contributed by atoms with Crippen molar-refractivity contribution < 1.29 is 54.3 Å². The summed E-state index contributed by atoms with van der Waals surface area (Å²) >= 11 is 0. The van der Waals surface area contributed by atoms with E-state index in [1.165, 1.54) is 169 Å². The first-order chi connectivity index (χ1) is 66.2. The SMILES string of the molecule is CC.CC.CC.CC(C)N1CCCNCCCNCCC1.CC(C)N1CCN(CC(=O)O)CCN(CC(=O)O)CCN(CC(=O)O)CC1.CC(C)N1CCNCCNCC1.CC(C)N1CCNCCNCCNCC1.CCN1CCCN(CC(=O)O)CCN(CC(C)=O)CCCC(CC(=O)O)CC1.CCN1CCCN2CCNCCCN(CC1)CC2.CCN1CCCNCCNCCCNCC1. The van der Waals surface area contributed by atoms with Gasteiger partial charge in [0.05, 0.1) is 32.7 Å². The molecule has 0 radical (unpaired) electrons. The van der Waals surface area contributed by atoms with E-state index in [0.717, 1.165) is 189 Å². The van der Waals surface area contributed by atoms with Gasteiger partial charge in [-0.05, 0) is 270 Å². The number of ketones is 1. The Hall–Kier alpha value is -3.98. The number of nitrogens with zero attached hydrogens (tertiary/aromatic N) is 14. The first-order valence-corrected chi connectivity index (χ1v) is 54.8. The molecule has 0 aliphatic carbocycles. The zero-order valence-electron chi connectivity index (χ0n) is 91.2. The predicted molar refractivity (Wildman–Crippen MR) is 572 cm³/mol. The van der Waals surface area contributed by atoms with Gasteiger partial charge in [0.2, 0.25) is 0 Å². The highest BCUT2D eigenvalue weighted by atomic mass is 16.4. The molecule has 16 N–H and O–H groups in total. The first kappa shape index (κ1) is 135. The predicted octanol–water partition coefficient (Wildman–Crippen LogP) is 3.81. The number of carbonyl (C=O) groups is 6. The molecule has 137 heavy (non-hydrogen) atoms. The lowest BCUT2D eigenvalue weighted by atomic mass is 9.95. The Morgan fingerprint density at radius 2 is 0.467 bits per heavy atom. The molecule has 8 heterocycles. The zero-order valence-corrected chi connectivity index (χ0v) is 91.2. The number of nitrogens with one attached hydrogen (secondary N) is 11. The van der Waals surface area contributed by atoms with E-state index in [1.807, 2.05) is 56.2 Å². The number of hydrogen-bond acceptors (Lipinski definition) is 31. The van der Waals surface area contributed by atoms with E-state index in [9.17, 15) is 39.0 Å². The molecule has 0 amide bonds.